The summed E-state index contributed by atoms with van der Waals surface area (Å²) in [6, 6.07) is -0.670. The van der Waals surface area contributed by atoms with E-state index in [-0.39, 0.29) is 23.8 Å². The van der Waals surface area contributed by atoms with Gasteiger partial charge < -0.3 is 21.1 Å². The van der Waals surface area contributed by atoms with E-state index in [1.807, 2.05) is 0 Å². The first-order chi connectivity index (χ1) is 9.47. The molecule has 0 aromatic heterocycles. The van der Waals surface area contributed by atoms with Crippen LogP contribution in [0.5, 0.6) is 0 Å². The molecule has 1 aliphatic rings. The van der Waals surface area contributed by atoms with Crippen molar-refractivity contribution in [3.63, 3.8) is 0 Å². The second-order valence-electron chi connectivity index (χ2n) is 5.61. The fourth-order valence-electron chi connectivity index (χ4n) is 2.56. The summed E-state index contributed by atoms with van der Waals surface area (Å²) < 4.78 is 4.86. The van der Waals surface area contributed by atoms with E-state index in [1.54, 1.807) is 14.0 Å². The van der Waals surface area contributed by atoms with Gasteiger partial charge in [-0.3, -0.25) is 9.59 Å². The maximum absolute atomic E-state index is 12.2. The van der Waals surface area contributed by atoms with Crippen molar-refractivity contribution in [1.82, 2.24) is 10.6 Å². The molecule has 4 N–H and O–H groups in total. The Morgan fingerprint density at radius 3 is 2.75 bits per heavy atom. The van der Waals surface area contributed by atoms with Gasteiger partial charge in [-0.25, -0.2) is 0 Å². The number of methoxy groups -OCH3 is 1. The minimum Gasteiger partial charge on any atom is -0.383 e. The van der Waals surface area contributed by atoms with Gasteiger partial charge in [0.2, 0.25) is 11.8 Å². The van der Waals surface area contributed by atoms with Gasteiger partial charge in [-0.05, 0) is 25.7 Å². The molecule has 0 heterocycles. The van der Waals surface area contributed by atoms with Crippen molar-refractivity contribution in [3.8, 4) is 0 Å². The largest absolute Gasteiger partial charge is 0.383 e. The molecule has 0 aromatic carbocycles. The normalized spacial score (nSPS) is 27.7. The molecule has 6 nitrogen and oxygen atoms in total. The zero-order valence-electron chi connectivity index (χ0n) is 12.6. The van der Waals surface area contributed by atoms with Gasteiger partial charge in [-0.2, -0.15) is 0 Å². The lowest BCUT2D eigenvalue weighted by Gasteiger charge is -2.33. The maximum atomic E-state index is 12.2. The van der Waals surface area contributed by atoms with Crippen molar-refractivity contribution in [1.29, 1.82) is 0 Å². The number of nitrogens with two attached hydrogens (primary N) is 1. The predicted molar refractivity (Wildman–Crippen MR) is 77.0 cm³/mol. The van der Waals surface area contributed by atoms with Crippen LogP contribution in [0, 0.1) is 11.8 Å². The number of hydrogen-bond acceptors (Lipinski definition) is 4. The fourth-order valence-corrected chi connectivity index (χ4v) is 2.56. The van der Waals surface area contributed by atoms with Gasteiger partial charge in [0.05, 0.1) is 12.5 Å². The third-order valence-corrected chi connectivity index (χ3v) is 3.99. The van der Waals surface area contributed by atoms with Crippen LogP contribution in [0.3, 0.4) is 0 Å². The molecular formula is C14H27N3O3. The SMILES string of the molecule is COCCNC(=O)C(C)NC(=O)C1CCCC(C)C1N. The van der Waals surface area contributed by atoms with Crippen LogP contribution in [-0.4, -0.2) is 44.2 Å². The third kappa shape index (κ3) is 4.76. The molecule has 0 saturated heterocycles. The van der Waals surface area contributed by atoms with E-state index < -0.39 is 6.04 Å². The molecule has 6 heteroatoms. The van der Waals surface area contributed by atoms with Crippen molar-refractivity contribution in [2.45, 2.75) is 45.2 Å². The molecule has 20 heavy (non-hydrogen) atoms. The lowest BCUT2D eigenvalue weighted by atomic mass is 9.78. The predicted octanol–water partition coefficient (Wildman–Crippen LogP) is 0.0172. The van der Waals surface area contributed by atoms with Gasteiger partial charge in [0.25, 0.3) is 0 Å². The van der Waals surface area contributed by atoms with Gasteiger partial charge in [0.15, 0.2) is 0 Å². The molecule has 4 atom stereocenters. The van der Waals surface area contributed by atoms with E-state index in [4.69, 9.17) is 10.5 Å². The molecule has 1 fully saturated rings. The van der Waals surface area contributed by atoms with E-state index in [2.05, 4.69) is 17.6 Å². The van der Waals surface area contributed by atoms with E-state index >= 15 is 0 Å². The highest BCUT2D eigenvalue weighted by Crippen LogP contribution is 2.27. The van der Waals surface area contributed by atoms with Gasteiger partial charge in [-0.15, -0.1) is 0 Å². The van der Waals surface area contributed by atoms with E-state index in [9.17, 15) is 9.59 Å². The molecule has 4 unspecified atom stereocenters. The summed E-state index contributed by atoms with van der Waals surface area (Å²) in [6.45, 7) is 4.65. The van der Waals surface area contributed by atoms with Crippen LogP contribution in [0.25, 0.3) is 0 Å². The van der Waals surface area contributed by atoms with Crippen molar-refractivity contribution in [3.05, 3.63) is 0 Å². The summed E-state index contributed by atoms with van der Waals surface area (Å²) in [4.78, 5) is 24.0. The van der Waals surface area contributed by atoms with Crippen LogP contribution in [-0.2, 0) is 14.3 Å². The number of hydrogen-bond donors (Lipinski definition) is 3. The van der Waals surface area contributed by atoms with Crippen molar-refractivity contribution >= 4 is 11.8 Å². The molecule has 0 bridgehead atoms. The van der Waals surface area contributed by atoms with Crippen LogP contribution in [0.1, 0.15) is 33.1 Å². The highest BCUT2D eigenvalue weighted by Gasteiger charge is 2.33. The summed E-state index contributed by atoms with van der Waals surface area (Å²) in [5, 5.41) is 5.46. The Balaban J connectivity index is 2.42. The van der Waals surface area contributed by atoms with Crippen LogP contribution < -0.4 is 16.4 Å². The minimum atomic E-state index is -0.552. The third-order valence-electron chi connectivity index (χ3n) is 3.99. The first-order valence-electron chi connectivity index (χ1n) is 7.30. The standard InChI is InChI=1S/C14H27N3O3/c1-9-5-4-6-11(12(9)15)14(19)17-10(2)13(18)16-7-8-20-3/h9-12H,4-8,15H2,1-3H3,(H,16,18)(H,17,19). The summed E-state index contributed by atoms with van der Waals surface area (Å²) >= 11 is 0. The van der Waals surface area contributed by atoms with E-state index in [1.165, 1.54) is 0 Å². The summed E-state index contributed by atoms with van der Waals surface area (Å²) in [5.41, 5.74) is 6.10. The molecule has 2 amide bonds. The Morgan fingerprint density at radius 2 is 2.10 bits per heavy atom. The van der Waals surface area contributed by atoms with Gasteiger partial charge in [0.1, 0.15) is 6.04 Å². The van der Waals surface area contributed by atoms with Gasteiger partial charge in [-0.1, -0.05) is 13.3 Å². The smallest absolute Gasteiger partial charge is 0.242 e. The number of amides is 2. The lowest BCUT2D eigenvalue weighted by molar-refractivity contribution is -0.132. The summed E-state index contributed by atoms with van der Waals surface area (Å²) in [6.07, 6.45) is 2.88. The topological polar surface area (TPSA) is 93.5 Å². The Kier molecular flexibility index (Phi) is 6.95. The van der Waals surface area contributed by atoms with Crippen LogP contribution in [0.15, 0.2) is 0 Å². The Bertz CT molecular complexity index is 336. The zero-order valence-corrected chi connectivity index (χ0v) is 12.6. The average molecular weight is 285 g/mol. The minimum absolute atomic E-state index is 0.113. The average Bonchev–Trinajstić information content (AvgIpc) is 2.41. The van der Waals surface area contributed by atoms with Crippen LogP contribution >= 0.6 is 0 Å². The molecule has 0 aliphatic heterocycles. The van der Waals surface area contributed by atoms with Gasteiger partial charge >= 0.3 is 0 Å². The molecular weight excluding hydrogens is 258 g/mol. The molecule has 0 spiro atoms. The Hall–Kier alpha value is -1.14. The van der Waals surface area contributed by atoms with Crippen LogP contribution in [0.2, 0.25) is 0 Å². The monoisotopic (exact) mass is 285 g/mol. The maximum Gasteiger partial charge on any atom is 0.242 e. The Labute approximate surface area is 120 Å². The molecule has 0 aromatic rings. The number of nitrogens with one attached hydrogen (secondary N) is 2. The fraction of sp³-hybridized carbons (Fsp3) is 0.857. The highest BCUT2D eigenvalue weighted by atomic mass is 16.5. The number of ether oxygens (including phenoxy) is 1. The second kappa shape index (κ2) is 8.21. The summed E-state index contributed by atoms with van der Waals surface area (Å²) in [5.74, 6) is -0.149. The van der Waals surface area contributed by atoms with Crippen LogP contribution in [0.4, 0.5) is 0 Å². The summed E-state index contributed by atoms with van der Waals surface area (Å²) in [7, 11) is 1.57. The van der Waals surface area contributed by atoms with Crippen molar-refractivity contribution in [2.75, 3.05) is 20.3 Å². The molecule has 1 saturated carbocycles. The first kappa shape index (κ1) is 16.9. The van der Waals surface area contributed by atoms with E-state index in [0.717, 1.165) is 19.3 Å². The number of carbonyl (C=O) groups excluding carboxylic acids is 2. The second-order valence-corrected chi connectivity index (χ2v) is 5.61. The molecule has 1 aliphatic carbocycles. The molecule has 116 valence electrons. The lowest BCUT2D eigenvalue weighted by Crippen LogP contribution is -2.52. The molecule has 1 rings (SSSR count). The van der Waals surface area contributed by atoms with E-state index in [0.29, 0.717) is 19.1 Å². The number of carbonyl (C=O) groups is 2. The highest BCUT2D eigenvalue weighted by molar-refractivity contribution is 5.88. The number of rotatable bonds is 6. The Morgan fingerprint density at radius 1 is 1.40 bits per heavy atom. The van der Waals surface area contributed by atoms with Crippen molar-refractivity contribution < 1.29 is 14.3 Å². The zero-order chi connectivity index (χ0) is 15.1. The first-order valence-corrected chi connectivity index (χ1v) is 7.30. The van der Waals surface area contributed by atoms with Crippen molar-refractivity contribution in [2.24, 2.45) is 17.6 Å². The quantitative estimate of drug-likeness (QED) is 0.600. The van der Waals surface area contributed by atoms with Gasteiger partial charge in [0, 0.05) is 19.7 Å². The molecule has 0 radical (unpaired) electrons.